The molecule has 0 heterocycles. The molecule has 0 spiro atoms. The molecule has 0 unspecified atom stereocenters. The fourth-order valence-electron chi connectivity index (χ4n) is 0.820. The van der Waals surface area contributed by atoms with Crippen LogP contribution in [0.3, 0.4) is 0 Å². The van der Waals surface area contributed by atoms with E-state index in [9.17, 15) is 13.2 Å². The average molecular weight is 244 g/mol. The molecule has 90 valence electrons. The lowest BCUT2D eigenvalue weighted by Gasteiger charge is -2.10. The smallest absolute Gasteiger partial charge is 0.383 e. The molecular formula is C8H15F3N2OS. The van der Waals surface area contributed by atoms with Crippen LogP contribution in [0.15, 0.2) is 0 Å². The standard InChI is InChI=1S/C8H15F3N2OS/c1-14-6-5-13-7(15)12-4-2-3-8(9,10)11/h2-6H2,1H3,(H2,12,13,15). The van der Waals surface area contributed by atoms with Crippen molar-refractivity contribution < 1.29 is 17.9 Å². The van der Waals surface area contributed by atoms with E-state index in [2.05, 4.69) is 10.6 Å². The van der Waals surface area contributed by atoms with Gasteiger partial charge in [-0.05, 0) is 18.6 Å². The van der Waals surface area contributed by atoms with Gasteiger partial charge < -0.3 is 15.4 Å². The minimum atomic E-state index is -4.09. The van der Waals surface area contributed by atoms with Crippen molar-refractivity contribution in [3.8, 4) is 0 Å². The Morgan fingerprint density at radius 1 is 1.27 bits per heavy atom. The van der Waals surface area contributed by atoms with Crippen molar-refractivity contribution in [2.45, 2.75) is 19.0 Å². The summed E-state index contributed by atoms with van der Waals surface area (Å²) in [4.78, 5) is 0. The predicted octanol–water partition coefficient (Wildman–Crippen LogP) is 1.44. The SMILES string of the molecule is COCCNC(=S)NCCCC(F)(F)F. The first kappa shape index (κ1) is 14.4. The summed E-state index contributed by atoms with van der Waals surface area (Å²) in [6, 6.07) is 0. The zero-order valence-electron chi connectivity index (χ0n) is 8.49. The van der Waals surface area contributed by atoms with Gasteiger partial charge in [0.15, 0.2) is 5.11 Å². The number of alkyl halides is 3. The molecule has 0 aliphatic heterocycles. The topological polar surface area (TPSA) is 33.3 Å². The third-order valence-corrected chi connectivity index (χ3v) is 1.80. The number of hydrogen-bond acceptors (Lipinski definition) is 2. The normalized spacial score (nSPS) is 11.2. The van der Waals surface area contributed by atoms with Gasteiger partial charge in [0.05, 0.1) is 6.61 Å². The van der Waals surface area contributed by atoms with E-state index in [1.165, 1.54) is 0 Å². The lowest BCUT2D eigenvalue weighted by Crippen LogP contribution is -2.37. The first-order valence-corrected chi connectivity index (χ1v) is 4.94. The number of nitrogens with one attached hydrogen (secondary N) is 2. The molecule has 0 aliphatic rings. The Hall–Kier alpha value is -0.560. The number of methoxy groups -OCH3 is 1. The molecule has 0 aromatic heterocycles. The summed E-state index contributed by atoms with van der Waals surface area (Å²) in [6.07, 6.45) is -4.86. The van der Waals surface area contributed by atoms with Gasteiger partial charge in [0, 0.05) is 26.6 Å². The summed E-state index contributed by atoms with van der Waals surface area (Å²) in [7, 11) is 1.56. The fraction of sp³-hybridized carbons (Fsp3) is 0.875. The van der Waals surface area contributed by atoms with Gasteiger partial charge in [0.25, 0.3) is 0 Å². The van der Waals surface area contributed by atoms with E-state index in [0.29, 0.717) is 18.3 Å². The largest absolute Gasteiger partial charge is 0.389 e. The maximum atomic E-state index is 11.7. The molecule has 0 aromatic carbocycles. The van der Waals surface area contributed by atoms with E-state index in [1.807, 2.05) is 0 Å². The Balaban J connectivity index is 3.32. The molecule has 0 radical (unpaired) electrons. The van der Waals surface area contributed by atoms with Gasteiger partial charge in [0.1, 0.15) is 0 Å². The molecule has 0 rings (SSSR count). The Bertz CT molecular complexity index is 187. The molecule has 0 amide bonds. The fourth-order valence-corrected chi connectivity index (χ4v) is 1.02. The van der Waals surface area contributed by atoms with Crippen LogP contribution in [0.2, 0.25) is 0 Å². The highest BCUT2D eigenvalue weighted by molar-refractivity contribution is 7.80. The predicted molar refractivity (Wildman–Crippen MR) is 55.8 cm³/mol. The van der Waals surface area contributed by atoms with Gasteiger partial charge in [-0.15, -0.1) is 0 Å². The van der Waals surface area contributed by atoms with Crippen LogP contribution in [0.5, 0.6) is 0 Å². The maximum absolute atomic E-state index is 11.7. The molecular weight excluding hydrogens is 229 g/mol. The Labute approximate surface area is 92.4 Å². The molecule has 15 heavy (non-hydrogen) atoms. The number of rotatable bonds is 6. The van der Waals surface area contributed by atoms with Gasteiger partial charge in [-0.3, -0.25) is 0 Å². The van der Waals surface area contributed by atoms with E-state index in [1.54, 1.807) is 7.11 Å². The lowest BCUT2D eigenvalue weighted by molar-refractivity contribution is -0.135. The van der Waals surface area contributed by atoms with E-state index in [0.717, 1.165) is 0 Å². The van der Waals surface area contributed by atoms with Crippen molar-refractivity contribution in [2.75, 3.05) is 26.8 Å². The van der Waals surface area contributed by atoms with Crippen LogP contribution < -0.4 is 10.6 Å². The van der Waals surface area contributed by atoms with Crippen LogP contribution in [0, 0.1) is 0 Å². The van der Waals surface area contributed by atoms with Crippen molar-refractivity contribution >= 4 is 17.3 Å². The Kier molecular flexibility index (Phi) is 7.41. The van der Waals surface area contributed by atoms with Crippen molar-refractivity contribution in [3.63, 3.8) is 0 Å². The second-order valence-electron chi connectivity index (χ2n) is 2.89. The van der Waals surface area contributed by atoms with Gasteiger partial charge >= 0.3 is 6.18 Å². The molecule has 0 atom stereocenters. The molecule has 3 nitrogen and oxygen atoms in total. The average Bonchev–Trinajstić information content (AvgIpc) is 2.11. The van der Waals surface area contributed by atoms with Crippen molar-refractivity contribution in [1.82, 2.24) is 10.6 Å². The second-order valence-corrected chi connectivity index (χ2v) is 3.30. The van der Waals surface area contributed by atoms with Crippen LogP contribution in [0.25, 0.3) is 0 Å². The third kappa shape index (κ3) is 11.4. The van der Waals surface area contributed by atoms with E-state index < -0.39 is 12.6 Å². The number of hydrogen-bond donors (Lipinski definition) is 2. The summed E-state index contributed by atoms with van der Waals surface area (Å²) in [5, 5.41) is 5.83. The number of thiocarbonyl (C=S) groups is 1. The zero-order chi connectivity index (χ0) is 11.7. The zero-order valence-corrected chi connectivity index (χ0v) is 9.30. The highest BCUT2D eigenvalue weighted by Gasteiger charge is 2.25. The van der Waals surface area contributed by atoms with E-state index in [4.69, 9.17) is 17.0 Å². The number of halogens is 3. The monoisotopic (exact) mass is 244 g/mol. The van der Waals surface area contributed by atoms with Crippen molar-refractivity contribution in [2.24, 2.45) is 0 Å². The lowest BCUT2D eigenvalue weighted by atomic mass is 10.3. The highest BCUT2D eigenvalue weighted by atomic mass is 32.1. The van der Waals surface area contributed by atoms with E-state index >= 15 is 0 Å². The highest BCUT2D eigenvalue weighted by Crippen LogP contribution is 2.20. The van der Waals surface area contributed by atoms with Gasteiger partial charge in [0.2, 0.25) is 0 Å². The summed E-state index contributed by atoms with van der Waals surface area (Å²) in [6.45, 7) is 1.27. The minimum absolute atomic E-state index is 0.0234. The Morgan fingerprint density at radius 2 is 1.87 bits per heavy atom. The minimum Gasteiger partial charge on any atom is -0.383 e. The van der Waals surface area contributed by atoms with Crippen molar-refractivity contribution in [3.05, 3.63) is 0 Å². The molecule has 0 aromatic rings. The molecule has 0 saturated heterocycles. The molecule has 0 aliphatic carbocycles. The molecule has 0 fully saturated rings. The van der Waals surface area contributed by atoms with Gasteiger partial charge in [-0.2, -0.15) is 13.2 Å². The molecule has 7 heteroatoms. The van der Waals surface area contributed by atoms with Crippen LogP contribution in [-0.2, 0) is 4.74 Å². The van der Waals surface area contributed by atoms with Gasteiger partial charge in [-0.25, -0.2) is 0 Å². The van der Waals surface area contributed by atoms with Gasteiger partial charge in [-0.1, -0.05) is 0 Å². The maximum Gasteiger partial charge on any atom is 0.389 e. The number of ether oxygens (including phenoxy) is 1. The first-order valence-electron chi connectivity index (χ1n) is 4.53. The first-order chi connectivity index (χ1) is 6.95. The molecule has 0 saturated carbocycles. The second kappa shape index (κ2) is 7.70. The van der Waals surface area contributed by atoms with Crippen molar-refractivity contribution in [1.29, 1.82) is 0 Å². The summed E-state index contributed by atoms with van der Waals surface area (Å²) < 4.78 is 40.0. The Morgan fingerprint density at radius 3 is 2.40 bits per heavy atom. The molecule has 0 bridgehead atoms. The summed E-state index contributed by atoms with van der Waals surface area (Å²) in [5.74, 6) is 0. The third-order valence-electron chi connectivity index (χ3n) is 1.51. The van der Waals surface area contributed by atoms with Crippen LogP contribution in [0.1, 0.15) is 12.8 Å². The van der Waals surface area contributed by atoms with Crippen LogP contribution in [0.4, 0.5) is 13.2 Å². The van der Waals surface area contributed by atoms with E-state index in [-0.39, 0.29) is 13.0 Å². The quantitative estimate of drug-likeness (QED) is 0.547. The summed E-state index contributed by atoms with van der Waals surface area (Å²) in [5.41, 5.74) is 0. The summed E-state index contributed by atoms with van der Waals surface area (Å²) >= 11 is 4.82. The van der Waals surface area contributed by atoms with Crippen LogP contribution >= 0.6 is 12.2 Å². The molecule has 2 N–H and O–H groups in total. The van der Waals surface area contributed by atoms with Crippen LogP contribution in [-0.4, -0.2) is 38.1 Å².